The van der Waals surface area contributed by atoms with Gasteiger partial charge in [0.15, 0.2) is 10.6 Å². The molecule has 0 spiro atoms. The molecule has 0 saturated carbocycles. The summed E-state index contributed by atoms with van der Waals surface area (Å²) in [6.45, 7) is 5.41. The van der Waals surface area contributed by atoms with Crippen LogP contribution in [0.25, 0.3) is 10.7 Å². The summed E-state index contributed by atoms with van der Waals surface area (Å²) >= 11 is 6.90. The molecule has 18 heavy (non-hydrogen) atoms. The summed E-state index contributed by atoms with van der Waals surface area (Å²) in [5.74, 6) is 0.861. The Hall–Kier alpha value is -1.05. The van der Waals surface area contributed by atoms with E-state index in [2.05, 4.69) is 22.1 Å². The van der Waals surface area contributed by atoms with Gasteiger partial charge in [-0.2, -0.15) is 5.10 Å². The lowest BCUT2D eigenvalue weighted by molar-refractivity contribution is 0.187. The maximum Gasteiger partial charge on any atom is 0.195 e. The molecule has 2 heterocycles. The Balaban J connectivity index is 2.46. The lowest BCUT2D eigenvalue weighted by Crippen LogP contribution is -2.06. The number of hydrogen-bond acceptors (Lipinski definition) is 5. The summed E-state index contributed by atoms with van der Waals surface area (Å²) in [5.41, 5.74) is 1.07. The minimum absolute atomic E-state index is 0.611. The second-order valence-electron chi connectivity index (χ2n) is 3.86. The first-order chi connectivity index (χ1) is 8.67. The number of aromatic amines is 1. The van der Waals surface area contributed by atoms with E-state index in [1.54, 1.807) is 18.4 Å². The largest absolute Gasteiger partial charge is 0.383 e. The van der Waals surface area contributed by atoms with Crippen molar-refractivity contribution in [3.63, 3.8) is 0 Å². The Morgan fingerprint density at radius 3 is 2.94 bits per heavy atom. The predicted molar refractivity (Wildman–Crippen MR) is 74.5 cm³/mol. The van der Waals surface area contributed by atoms with E-state index in [1.165, 1.54) is 0 Å². The Morgan fingerprint density at radius 2 is 2.28 bits per heavy atom. The van der Waals surface area contributed by atoms with Crippen LogP contribution in [-0.2, 0) is 17.7 Å². The number of thiazole rings is 1. The van der Waals surface area contributed by atoms with Crippen molar-refractivity contribution in [2.24, 2.45) is 0 Å². The molecule has 0 aliphatic carbocycles. The summed E-state index contributed by atoms with van der Waals surface area (Å²) in [4.78, 5) is 5.62. The summed E-state index contributed by atoms with van der Waals surface area (Å²) in [5, 5.41) is 8.22. The third-order valence-corrected chi connectivity index (χ3v) is 3.94. The van der Waals surface area contributed by atoms with Gasteiger partial charge in [-0.25, -0.2) is 4.98 Å². The number of aromatic nitrogens is 4. The van der Waals surface area contributed by atoms with E-state index in [0.29, 0.717) is 17.9 Å². The summed E-state index contributed by atoms with van der Waals surface area (Å²) in [6, 6.07) is 0. The molecule has 0 aliphatic rings. The highest BCUT2D eigenvalue weighted by atomic mass is 32.1. The van der Waals surface area contributed by atoms with E-state index in [9.17, 15) is 0 Å². The van der Waals surface area contributed by atoms with Crippen LogP contribution in [0.15, 0.2) is 0 Å². The van der Waals surface area contributed by atoms with Gasteiger partial charge in [0.25, 0.3) is 0 Å². The molecule has 0 bridgehead atoms. The Morgan fingerprint density at radius 1 is 1.50 bits per heavy atom. The second kappa shape index (κ2) is 5.73. The van der Waals surface area contributed by atoms with Crippen molar-refractivity contribution in [3.8, 4) is 10.7 Å². The molecule has 98 valence electrons. The van der Waals surface area contributed by atoms with Crippen molar-refractivity contribution in [3.05, 3.63) is 15.5 Å². The van der Waals surface area contributed by atoms with E-state index in [-0.39, 0.29) is 0 Å². The van der Waals surface area contributed by atoms with Crippen LogP contribution in [0.4, 0.5) is 0 Å². The summed E-state index contributed by atoms with van der Waals surface area (Å²) in [6.07, 6.45) is 0.892. The number of H-pyrrole nitrogens is 1. The predicted octanol–water partition coefficient (Wildman–Crippen LogP) is 2.58. The van der Waals surface area contributed by atoms with Crippen molar-refractivity contribution in [1.82, 2.24) is 19.7 Å². The number of nitrogens with zero attached hydrogens (tertiary/aromatic N) is 3. The molecule has 2 aromatic rings. The molecule has 7 heteroatoms. The zero-order valence-corrected chi connectivity index (χ0v) is 12.3. The molecular weight excluding hydrogens is 268 g/mol. The van der Waals surface area contributed by atoms with E-state index in [1.807, 2.05) is 11.5 Å². The minimum atomic E-state index is 0.611. The minimum Gasteiger partial charge on any atom is -0.383 e. The lowest BCUT2D eigenvalue weighted by atomic mass is 10.3. The van der Waals surface area contributed by atoms with Crippen LogP contribution in [0.5, 0.6) is 0 Å². The quantitative estimate of drug-likeness (QED) is 0.857. The van der Waals surface area contributed by atoms with Crippen LogP contribution < -0.4 is 0 Å². The fourth-order valence-corrected chi connectivity index (χ4v) is 3.00. The molecule has 0 aromatic carbocycles. The van der Waals surface area contributed by atoms with Crippen LogP contribution in [0.2, 0.25) is 0 Å². The Labute approximate surface area is 115 Å². The second-order valence-corrected chi connectivity index (χ2v) is 5.45. The molecule has 0 fully saturated rings. The Bertz CT molecular complexity index is 584. The summed E-state index contributed by atoms with van der Waals surface area (Å²) < 4.78 is 7.69. The normalized spacial score (nSPS) is 11.1. The molecule has 0 unspecified atom stereocenters. The SMILES string of the molecule is CCc1nc(C)sc1-c1n[nH]c(=S)n1CCOC. The number of nitrogens with one attached hydrogen (secondary N) is 1. The van der Waals surface area contributed by atoms with Gasteiger partial charge in [0, 0.05) is 7.11 Å². The molecule has 2 rings (SSSR count). The van der Waals surface area contributed by atoms with Gasteiger partial charge in [-0.05, 0) is 25.6 Å². The average molecular weight is 284 g/mol. The zero-order chi connectivity index (χ0) is 13.1. The maximum absolute atomic E-state index is 5.25. The van der Waals surface area contributed by atoms with Gasteiger partial charge in [0.05, 0.1) is 28.7 Å². The molecule has 0 aliphatic heterocycles. The average Bonchev–Trinajstić information content (AvgIpc) is 2.90. The molecule has 0 amide bonds. The van der Waals surface area contributed by atoms with Gasteiger partial charge in [-0.1, -0.05) is 6.92 Å². The first kappa shape index (κ1) is 13.4. The van der Waals surface area contributed by atoms with E-state index in [0.717, 1.165) is 27.8 Å². The molecule has 0 radical (unpaired) electrons. The van der Waals surface area contributed by atoms with Crippen LogP contribution in [0, 0.1) is 11.7 Å². The highest BCUT2D eigenvalue weighted by molar-refractivity contribution is 7.71. The molecule has 2 aromatic heterocycles. The fraction of sp³-hybridized carbons (Fsp3) is 0.545. The van der Waals surface area contributed by atoms with Gasteiger partial charge in [0.1, 0.15) is 0 Å². The highest BCUT2D eigenvalue weighted by Gasteiger charge is 2.16. The maximum atomic E-state index is 5.25. The first-order valence-corrected chi connectivity index (χ1v) is 7.00. The number of rotatable bonds is 5. The van der Waals surface area contributed by atoms with Gasteiger partial charge in [-0.3, -0.25) is 9.67 Å². The van der Waals surface area contributed by atoms with Crippen LogP contribution in [0.3, 0.4) is 0 Å². The number of hydrogen-bond donors (Lipinski definition) is 1. The van der Waals surface area contributed by atoms with E-state index >= 15 is 0 Å². The van der Waals surface area contributed by atoms with E-state index in [4.69, 9.17) is 17.0 Å². The molecular formula is C11H16N4OS2. The number of ether oxygens (including phenoxy) is 1. The van der Waals surface area contributed by atoms with Crippen molar-refractivity contribution < 1.29 is 4.74 Å². The van der Waals surface area contributed by atoms with Crippen LogP contribution in [0.1, 0.15) is 17.6 Å². The van der Waals surface area contributed by atoms with Gasteiger partial charge < -0.3 is 4.74 Å². The highest BCUT2D eigenvalue weighted by Crippen LogP contribution is 2.29. The molecule has 0 saturated heterocycles. The molecule has 5 nitrogen and oxygen atoms in total. The van der Waals surface area contributed by atoms with Gasteiger partial charge >= 0.3 is 0 Å². The van der Waals surface area contributed by atoms with Crippen molar-refractivity contribution in [1.29, 1.82) is 0 Å². The molecule has 0 atom stereocenters. The fourth-order valence-electron chi connectivity index (χ4n) is 1.77. The van der Waals surface area contributed by atoms with Crippen molar-refractivity contribution in [2.75, 3.05) is 13.7 Å². The monoisotopic (exact) mass is 284 g/mol. The lowest BCUT2D eigenvalue weighted by Gasteiger charge is -2.05. The van der Waals surface area contributed by atoms with Crippen molar-refractivity contribution in [2.45, 2.75) is 26.8 Å². The zero-order valence-electron chi connectivity index (χ0n) is 10.7. The van der Waals surface area contributed by atoms with Gasteiger partial charge in [0.2, 0.25) is 0 Å². The third kappa shape index (κ3) is 2.52. The topological polar surface area (TPSA) is 55.7 Å². The summed E-state index contributed by atoms with van der Waals surface area (Å²) in [7, 11) is 1.68. The van der Waals surface area contributed by atoms with Crippen LogP contribution >= 0.6 is 23.6 Å². The van der Waals surface area contributed by atoms with Gasteiger partial charge in [-0.15, -0.1) is 11.3 Å². The Kier molecular flexibility index (Phi) is 4.26. The standard InChI is InChI=1S/C11H16N4OS2/c1-4-8-9(18-7(2)12-8)10-13-14-11(17)15(10)5-6-16-3/h4-6H2,1-3H3,(H,14,17). The van der Waals surface area contributed by atoms with E-state index < -0.39 is 0 Å². The number of aryl methyl sites for hydroxylation is 2. The van der Waals surface area contributed by atoms with Crippen molar-refractivity contribution >= 4 is 23.6 Å². The number of methoxy groups -OCH3 is 1. The third-order valence-electron chi connectivity index (χ3n) is 2.62. The molecule has 1 N–H and O–H groups in total. The smallest absolute Gasteiger partial charge is 0.195 e. The first-order valence-electron chi connectivity index (χ1n) is 5.78. The van der Waals surface area contributed by atoms with Crippen LogP contribution in [-0.4, -0.2) is 33.5 Å².